The first kappa shape index (κ1) is 13.1. The van der Waals surface area contributed by atoms with Gasteiger partial charge in [0.1, 0.15) is 0 Å². The molecule has 1 aromatic carbocycles. The molecule has 5 heteroatoms. The minimum atomic E-state index is 0.198. The number of H-pyrrole nitrogens is 1. The largest absolute Gasteiger partial charge is 0.338 e. The van der Waals surface area contributed by atoms with Crippen molar-refractivity contribution in [2.24, 2.45) is 11.7 Å². The summed E-state index contributed by atoms with van der Waals surface area (Å²) in [6.45, 7) is 6.08. The van der Waals surface area contributed by atoms with Gasteiger partial charge in [0.15, 0.2) is 5.82 Å². The van der Waals surface area contributed by atoms with Gasteiger partial charge < -0.3 is 10.6 Å². The number of aromatic nitrogens is 3. The first-order valence-electron chi connectivity index (χ1n) is 7.14. The molecule has 0 spiro atoms. The van der Waals surface area contributed by atoms with Gasteiger partial charge in [-0.1, -0.05) is 31.2 Å². The molecule has 2 unspecified atom stereocenters. The van der Waals surface area contributed by atoms with Crippen LogP contribution in [-0.2, 0) is 0 Å². The summed E-state index contributed by atoms with van der Waals surface area (Å²) < 4.78 is 0. The van der Waals surface area contributed by atoms with E-state index in [9.17, 15) is 0 Å². The third kappa shape index (κ3) is 2.41. The van der Waals surface area contributed by atoms with Crippen LogP contribution in [-0.4, -0.2) is 34.3 Å². The number of rotatable bonds is 2. The van der Waals surface area contributed by atoms with Gasteiger partial charge in [-0.25, -0.2) is 0 Å². The van der Waals surface area contributed by atoms with E-state index in [0.29, 0.717) is 5.92 Å². The first-order chi connectivity index (χ1) is 9.65. The zero-order chi connectivity index (χ0) is 14.1. The highest BCUT2D eigenvalue weighted by Crippen LogP contribution is 2.23. The van der Waals surface area contributed by atoms with Gasteiger partial charge in [-0.2, -0.15) is 4.98 Å². The van der Waals surface area contributed by atoms with Crippen molar-refractivity contribution in [1.29, 1.82) is 0 Å². The van der Waals surface area contributed by atoms with Crippen molar-refractivity contribution < 1.29 is 0 Å². The molecule has 1 saturated heterocycles. The molecule has 1 aliphatic heterocycles. The monoisotopic (exact) mass is 271 g/mol. The van der Waals surface area contributed by atoms with Crippen LogP contribution in [0.4, 0.5) is 5.95 Å². The normalized spacial score (nSPS) is 23.1. The lowest BCUT2D eigenvalue weighted by atomic mass is 9.95. The first-order valence-corrected chi connectivity index (χ1v) is 7.14. The Morgan fingerprint density at radius 3 is 2.90 bits per heavy atom. The van der Waals surface area contributed by atoms with Crippen molar-refractivity contribution in [2.75, 3.05) is 18.0 Å². The Balaban J connectivity index is 1.82. The molecule has 106 valence electrons. The van der Waals surface area contributed by atoms with Crippen LogP contribution in [0.1, 0.15) is 18.9 Å². The minimum absolute atomic E-state index is 0.198. The molecular formula is C15H21N5. The Morgan fingerprint density at radius 2 is 2.15 bits per heavy atom. The molecular weight excluding hydrogens is 250 g/mol. The Bertz CT molecular complexity index is 591. The Hall–Kier alpha value is -1.88. The van der Waals surface area contributed by atoms with Crippen molar-refractivity contribution >= 4 is 5.95 Å². The quantitative estimate of drug-likeness (QED) is 0.876. The maximum Gasteiger partial charge on any atom is 0.245 e. The number of hydrogen-bond donors (Lipinski definition) is 2. The van der Waals surface area contributed by atoms with E-state index in [-0.39, 0.29) is 6.04 Å². The van der Waals surface area contributed by atoms with Crippen LogP contribution >= 0.6 is 0 Å². The van der Waals surface area contributed by atoms with Crippen molar-refractivity contribution in [3.05, 3.63) is 29.8 Å². The zero-order valence-electron chi connectivity index (χ0n) is 12.0. The second-order valence-corrected chi connectivity index (χ2v) is 5.67. The van der Waals surface area contributed by atoms with E-state index < -0.39 is 0 Å². The maximum absolute atomic E-state index is 6.14. The number of anilines is 1. The molecule has 1 aliphatic rings. The molecule has 2 atom stereocenters. The summed E-state index contributed by atoms with van der Waals surface area (Å²) in [4.78, 5) is 6.80. The predicted octanol–water partition coefficient (Wildman–Crippen LogP) is 1.95. The van der Waals surface area contributed by atoms with Gasteiger partial charge in [-0.05, 0) is 24.8 Å². The number of aromatic amines is 1. The van der Waals surface area contributed by atoms with E-state index in [1.807, 2.05) is 12.1 Å². The number of benzene rings is 1. The average molecular weight is 271 g/mol. The molecule has 0 aliphatic carbocycles. The highest BCUT2D eigenvalue weighted by Gasteiger charge is 2.25. The molecule has 2 heterocycles. The molecule has 0 bridgehead atoms. The van der Waals surface area contributed by atoms with E-state index in [0.717, 1.165) is 36.8 Å². The number of aryl methyl sites for hydroxylation is 1. The van der Waals surface area contributed by atoms with Crippen LogP contribution in [0.25, 0.3) is 11.4 Å². The van der Waals surface area contributed by atoms with Gasteiger partial charge >= 0.3 is 0 Å². The molecule has 2 aromatic rings. The van der Waals surface area contributed by atoms with Gasteiger partial charge in [0.25, 0.3) is 0 Å². The second-order valence-electron chi connectivity index (χ2n) is 5.67. The van der Waals surface area contributed by atoms with Crippen LogP contribution in [0.5, 0.6) is 0 Å². The lowest BCUT2D eigenvalue weighted by Gasteiger charge is -2.34. The Labute approximate surface area is 119 Å². The summed E-state index contributed by atoms with van der Waals surface area (Å²) >= 11 is 0. The second kappa shape index (κ2) is 5.25. The van der Waals surface area contributed by atoms with E-state index in [1.54, 1.807) is 0 Å². The number of hydrogen-bond acceptors (Lipinski definition) is 4. The fourth-order valence-corrected chi connectivity index (χ4v) is 2.63. The van der Waals surface area contributed by atoms with Crippen molar-refractivity contribution in [3.8, 4) is 11.4 Å². The molecule has 5 nitrogen and oxygen atoms in total. The third-order valence-electron chi connectivity index (χ3n) is 4.17. The molecule has 1 aromatic heterocycles. The number of nitrogens with one attached hydrogen (secondary N) is 1. The lowest BCUT2D eigenvalue weighted by Crippen LogP contribution is -2.48. The summed E-state index contributed by atoms with van der Waals surface area (Å²) in [5.74, 6) is 2.15. The summed E-state index contributed by atoms with van der Waals surface area (Å²) in [6.07, 6.45) is 1.09. The molecule has 3 N–H and O–H groups in total. The molecule has 3 rings (SSSR count). The molecule has 0 saturated carbocycles. The van der Waals surface area contributed by atoms with Crippen LogP contribution in [0.2, 0.25) is 0 Å². The van der Waals surface area contributed by atoms with E-state index in [2.05, 4.69) is 46.1 Å². The van der Waals surface area contributed by atoms with Crippen LogP contribution in [0.3, 0.4) is 0 Å². The third-order valence-corrected chi connectivity index (χ3v) is 4.17. The minimum Gasteiger partial charge on any atom is -0.338 e. The van der Waals surface area contributed by atoms with Crippen LogP contribution in [0.15, 0.2) is 24.3 Å². The van der Waals surface area contributed by atoms with E-state index >= 15 is 0 Å². The Kier molecular flexibility index (Phi) is 3.44. The highest BCUT2D eigenvalue weighted by atomic mass is 15.4. The summed E-state index contributed by atoms with van der Waals surface area (Å²) in [5.41, 5.74) is 8.43. The van der Waals surface area contributed by atoms with Gasteiger partial charge in [-0.3, -0.25) is 5.10 Å². The number of nitrogens with zero attached hydrogens (tertiary/aromatic N) is 3. The van der Waals surface area contributed by atoms with Crippen molar-refractivity contribution in [2.45, 2.75) is 26.3 Å². The van der Waals surface area contributed by atoms with Gasteiger partial charge in [0.05, 0.1) is 0 Å². The Morgan fingerprint density at radius 1 is 1.35 bits per heavy atom. The fraction of sp³-hybridized carbons (Fsp3) is 0.467. The molecule has 20 heavy (non-hydrogen) atoms. The fourth-order valence-electron chi connectivity index (χ4n) is 2.63. The van der Waals surface area contributed by atoms with Crippen LogP contribution < -0.4 is 10.6 Å². The van der Waals surface area contributed by atoms with E-state index in [4.69, 9.17) is 5.73 Å². The molecule has 0 radical (unpaired) electrons. The van der Waals surface area contributed by atoms with Gasteiger partial charge in [-0.15, -0.1) is 5.10 Å². The summed E-state index contributed by atoms with van der Waals surface area (Å²) in [6, 6.07) is 8.38. The topological polar surface area (TPSA) is 70.8 Å². The lowest BCUT2D eigenvalue weighted by molar-refractivity contribution is 0.376. The van der Waals surface area contributed by atoms with Gasteiger partial charge in [0.2, 0.25) is 5.95 Å². The molecule has 1 fully saturated rings. The van der Waals surface area contributed by atoms with Gasteiger partial charge in [0, 0.05) is 24.7 Å². The SMILES string of the molecule is Cc1ccccc1-c1nc(N2CCC(C)C(N)C2)n[nH]1. The van der Waals surface area contributed by atoms with Crippen molar-refractivity contribution in [1.82, 2.24) is 15.2 Å². The molecule has 0 amide bonds. The highest BCUT2D eigenvalue weighted by molar-refractivity contribution is 5.60. The maximum atomic E-state index is 6.14. The smallest absolute Gasteiger partial charge is 0.245 e. The summed E-state index contributed by atoms with van der Waals surface area (Å²) in [5, 5.41) is 7.39. The van der Waals surface area contributed by atoms with E-state index in [1.165, 1.54) is 5.56 Å². The predicted molar refractivity (Wildman–Crippen MR) is 80.5 cm³/mol. The standard InChI is InChI=1S/C15H21N5/c1-10-5-3-4-6-12(10)14-17-15(19-18-14)20-8-7-11(2)13(16)9-20/h3-6,11,13H,7-9,16H2,1-2H3,(H,17,18,19). The number of nitrogens with two attached hydrogens (primary N) is 1. The summed E-state index contributed by atoms with van der Waals surface area (Å²) in [7, 11) is 0. The average Bonchev–Trinajstić information content (AvgIpc) is 2.92. The van der Waals surface area contributed by atoms with Crippen LogP contribution in [0, 0.1) is 12.8 Å². The zero-order valence-corrected chi connectivity index (χ0v) is 12.0. The van der Waals surface area contributed by atoms with Crippen molar-refractivity contribution in [3.63, 3.8) is 0 Å². The number of piperidine rings is 1.